The number of carbonyl (C=O) groups is 1. The predicted octanol–water partition coefficient (Wildman–Crippen LogP) is 5.27. The molecule has 1 amide bonds. The molecule has 214 valence electrons. The first-order chi connectivity index (χ1) is 17.5. The van der Waals surface area contributed by atoms with Crippen LogP contribution >= 0.6 is 0 Å². The second kappa shape index (κ2) is 14.2. The van der Waals surface area contributed by atoms with Crippen molar-refractivity contribution in [2.45, 2.75) is 98.6 Å². The molecule has 37 heavy (non-hydrogen) atoms. The van der Waals surface area contributed by atoms with Crippen molar-refractivity contribution in [2.24, 2.45) is 38.9 Å². The van der Waals surface area contributed by atoms with Gasteiger partial charge >= 0.3 is 0 Å². The summed E-state index contributed by atoms with van der Waals surface area (Å²) >= 11 is 0. The molecule has 3 rings (SSSR count). The van der Waals surface area contributed by atoms with Crippen molar-refractivity contribution in [3.05, 3.63) is 0 Å². The van der Waals surface area contributed by atoms with Crippen molar-refractivity contribution in [2.75, 3.05) is 52.7 Å². The van der Waals surface area contributed by atoms with E-state index in [4.69, 9.17) is 14.2 Å². The second-order valence-electron chi connectivity index (χ2n) is 13.7. The van der Waals surface area contributed by atoms with E-state index in [-0.39, 0.29) is 5.91 Å². The Morgan fingerprint density at radius 3 is 2.11 bits per heavy atom. The molecule has 1 N–H and O–H groups in total. The molecule has 0 aromatic heterocycles. The molecule has 1 heterocycles. The molecule has 8 heteroatoms. The highest BCUT2D eigenvalue weighted by Crippen LogP contribution is 2.58. The molecule has 0 bridgehead atoms. The molecule has 8 nitrogen and oxygen atoms in total. The Labute approximate surface area is 225 Å². The van der Waals surface area contributed by atoms with Gasteiger partial charge < -0.3 is 19.5 Å². The summed E-state index contributed by atoms with van der Waals surface area (Å²) in [6, 6.07) is 0.683. The molecular formula is C29H54N4O4. The minimum absolute atomic E-state index is 0.0456. The Morgan fingerprint density at radius 1 is 0.838 bits per heavy atom. The molecule has 0 radical (unpaired) electrons. The van der Waals surface area contributed by atoms with E-state index in [2.05, 4.69) is 62.2 Å². The number of fused-ring (bicyclic) bond motifs is 2. The lowest BCUT2D eigenvalue weighted by atomic mass is 9.88. The lowest BCUT2D eigenvalue weighted by Crippen LogP contribution is -2.38. The average Bonchev–Trinajstić information content (AvgIpc) is 3.25. The Kier molecular flexibility index (Phi) is 11.6. The Bertz CT molecular complexity index is 718. The molecule has 2 saturated carbocycles. The van der Waals surface area contributed by atoms with Crippen LogP contribution in [0.5, 0.6) is 0 Å². The zero-order valence-corrected chi connectivity index (χ0v) is 24.5. The summed E-state index contributed by atoms with van der Waals surface area (Å²) in [6.45, 7) is 18.4. The summed E-state index contributed by atoms with van der Waals surface area (Å²) in [6.07, 6.45) is 7.70. The third-order valence-electron chi connectivity index (χ3n) is 7.97. The van der Waals surface area contributed by atoms with E-state index in [0.717, 1.165) is 43.6 Å². The van der Waals surface area contributed by atoms with Gasteiger partial charge in [-0.05, 0) is 67.1 Å². The van der Waals surface area contributed by atoms with E-state index in [0.29, 0.717) is 75.5 Å². The summed E-state index contributed by atoms with van der Waals surface area (Å²) in [5.74, 6) is 2.75. The molecule has 0 aromatic rings. The second-order valence-corrected chi connectivity index (χ2v) is 13.7. The first-order valence-electron chi connectivity index (χ1n) is 14.7. The molecule has 2 fully saturated rings. The maximum atomic E-state index is 12.3. The first kappa shape index (κ1) is 30.3. The van der Waals surface area contributed by atoms with Crippen LogP contribution in [0.3, 0.4) is 0 Å². The molecule has 2 aliphatic carbocycles. The summed E-state index contributed by atoms with van der Waals surface area (Å²) in [4.78, 5) is 12.3. The van der Waals surface area contributed by atoms with Crippen LogP contribution < -0.4 is 5.32 Å². The number of nitrogens with one attached hydrogen (secondary N) is 1. The number of carbonyl (C=O) groups excluding carboxylic acids is 1. The zero-order chi connectivity index (χ0) is 26.9. The Hall–Kier alpha value is -1.25. The van der Waals surface area contributed by atoms with Gasteiger partial charge in [-0.15, -0.1) is 0 Å². The maximum Gasteiger partial charge on any atom is 0.221 e. The number of rotatable bonds is 15. The maximum absolute atomic E-state index is 12.3. The fraction of sp³-hybridized carbons (Fsp3) is 0.966. The van der Waals surface area contributed by atoms with Crippen LogP contribution in [-0.4, -0.2) is 75.7 Å². The number of nitrogens with zero attached hydrogens (tertiary/aromatic N) is 3. The van der Waals surface area contributed by atoms with E-state index in [9.17, 15) is 4.79 Å². The van der Waals surface area contributed by atoms with E-state index in [1.165, 1.54) is 19.3 Å². The van der Waals surface area contributed by atoms with E-state index < -0.39 is 0 Å². The summed E-state index contributed by atoms with van der Waals surface area (Å²) in [5, 5.41) is 14.1. The van der Waals surface area contributed by atoms with Crippen molar-refractivity contribution in [3.8, 4) is 0 Å². The minimum Gasteiger partial charge on any atom is -0.379 e. The third-order valence-corrected chi connectivity index (χ3v) is 7.97. The SMILES string of the molecule is CC(C)(C)CCOCCOCCOCCNC(=O)CCN1N=NC2CCC3C(CCC21)C3CC(C)(C)C. The zero-order valence-electron chi connectivity index (χ0n) is 24.5. The van der Waals surface area contributed by atoms with Crippen molar-refractivity contribution in [1.82, 2.24) is 10.3 Å². The average molecular weight is 523 g/mol. The minimum atomic E-state index is 0.0456. The van der Waals surface area contributed by atoms with Gasteiger partial charge in [-0.1, -0.05) is 46.8 Å². The Morgan fingerprint density at radius 2 is 1.46 bits per heavy atom. The van der Waals surface area contributed by atoms with Gasteiger partial charge in [0.05, 0.1) is 45.1 Å². The van der Waals surface area contributed by atoms with Gasteiger partial charge in [-0.3, -0.25) is 9.80 Å². The lowest BCUT2D eigenvalue weighted by molar-refractivity contribution is -0.121. The highest BCUT2D eigenvalue weighted by Gasteiger charge is 2.52. The normalized spacial score (nSPS) is 27.4. The van der Waals surface area contributed by atoms with Crippen LogP contribution in [0, 0.1) is 28.6 Å². The summed E-state index contributed by atoms with van der Waals surface area (Å²) < 4.78 is 16.7. The molecule has 0 spiro atoms. The smallest absolute Gasteiger partial charge is 0.221 e. The van der Waals surface area contributed by atoms with Crippen molar-refractivity contribution in [1.29, 1.82) is 0 Å². The van der Waals surface area contributed by atoms with Crippen LogP contribution in [-0.2, 0) is 19.0 Å². The van der Waals surface area contributed by atoms with Crippen LogP contribution in [0.1, 0.15) is 86.5 Å². The first-order valence-corrected chi connectivity index (χ1v) is 14.7. The van der Waals surface area contributed by atoms with Crippen LogP contribution in [0.4, 0.5) is 0 Å². The number of hydrogen-bond acceptors (Lipinski definition) is 7. The quantitative estimate of drug-likeness (QED) is 0.296. The lowest BCUT2D eigenvalue weighted by Gasteiger charge is -2.27. The largest absolute Gasteiger partial charge is 0.379 e. The Balaban J connectivity index is 1.18. The van der Waals surface area contributed by atoms with Crippen LogP contribution in [0.25, 0.3) is 0 Å². The summed E-state index contributed by atoms with van der Waals surface area (Å²) in [5.41, 5.74) is 0.720. The number of amides is 1. The van der Waals surface area contributed by atoms with Gasteiger partial charge in [0.25, 0.3) is 0 Å². The van der Waals surface area contributed by atoms with Crippen molar-refractivity contribution >= 4 is 5.91 Å². The fourth-order valence-electron chi connectivity index (χ4n) is 5.88. The number of hydrogen-bond donors (Lipinski definition) is 1. The molecule has 0 aromatic carbocycles. The standard InChI is InChI=1S/C29H54N4O4/c1-28(2,3)12-15-35-17-19-37-20-18-36-16-13-30-27(34)11-14-33-26-10-8-23-22(7-9-25(26)31-32-33)24(23)21-29(4,5)6/h22-26H,7-21H2,1-6H3,(H,30,34). The van der Waals surface area contributed by atoms with Gasteiger partial charge in [0, 0.05) is 26.1 Å². The monoisotopic (exact) mass is 522 g/mol. The molecule has 5 atom stereocenters. The van der Waals surface area contributed by atoms with E-state index in [1.807, 2.05) is 0 Å². The topological polar surface area (TPSA) is 84.8 Å². The van der Waals surface area contributed by atoms with Gasteiger partial charge in [0.1, 0.15) is 0 Å². The summed E-state index contributed by atoms with van der Waals surface area (Å²) in [7, 11) is 0. The highest BCUT2D eigenvalue weighted by atomic mass is 16.5. The number of ether oxygens (including phenoxy) is 3. The van der Waals surface area contributed by atoms with Gasteiger partial charge in [-0.25, -0.2) is 0 Å². The van der Waals surface area contributed by atoms with Crippen molar-refractivity contribution in [3.63, 3.8) is 0 Å². The predicted molar refractivity (Wildman–Crippen MR) is 146 cm³/mol. The molecular weight excluding hydrogens is 468 g/mol. The fourth-order valence-corrected chi connectivity index (χ4v) is 5.88. The molecule has 5 unspecified atom stereocenters. The third kappa shape index (κ3) is 11.2. The van der Waals surface area contributed by atoms with E-state index >= 15 is 0 Å². The molecule has 1 aliphatic heterocycles. The van der Waals surface area contributed by atoms with E-state index in [1.54, 1.807) is 0 Å². The van der Waals surface area contributed by atoms with Crippen molar-refractivity contribution < 1.29 is 19.0 Å². The van der Waals surface area contributed by atoms with Gasteiger partial charge in [0.2, 0.25) is 5.91 Å². The highest BCUT2D eigenvalue weighted by molar-refractivity contribution is 5.76. The van der Waals surface area contributed by atoms with Crippen LogP contribution in [0.15, 0.2) is 10.3 Å². The van der Waals surface area contributed by atoms with Crippen LogP contribution in [0.2, 0.25) is 0 Å². The molecule has 0 saturated heterocycles. The van der Waals surface area contributed by atoms with Gasteiger partial charge in [0.15, 0.2) is 0 Å². The molecule has 3 aliphatic rings. The van der Waals surface area contributed by atoms with Gasteiger partial charge in [-0.2, -0.15) is 5.11 Å².